The van der Waals surface area contributed by atoms with Gasteiger partial charge in [0, 0.05) is 17.0 Å². The normalized spacial score (nSPS) is 12.9. The summed E-state index contributed by atoms with van der Waals surface area (Å²) in [5, 5.41) is 0.802. The van der Waals surface area contributed by atoms with Crippen molar-refractivity contribution in [2.75, 3.05) is 6.79 Å². The van der Waals surface area contributed by atoms with Crippen LogP contribution in [0.25, 0.3) is 0 Å². The number of hydrogen-bond donors (Lipinski definition) is 0. The number of aliphatic imine (C=N–C) groups is 1. The molecule has 3 aromatic rings. The van der Waals surface area contributed by atoms with Crippen LogP contribution in [0.1, 0.15) is 11.3 Å². The highest BCUT2D eigenvalue weighted by Crippen LogP contribution is 2.37. The summed E-state index contributed by atoms with van der Waals surface area (Å²) in [5.74, 6) is 2.14. The van der Waals surface area contributed by atoms with Gasteiger partial charge in [-0.1, -0.05) is 29.5 Å². The number of halogens is 1. The molecule has 0 saturated carbocycles. The third-order valence-corrected chi connectivity index (χ3v) is 5.45. The molecule has 0 atom stereocenters. The van der Waals surface area contributed by atoms with Gasteiger partial charge in [0.15, 0.2) is 16.6 Å². The SMILES string of the molecule is Cc1ccc(Sc2oc(C=Nc3ccc4c(c3)OCO4)cc2Br)cc1. The number of benzene rings is 2. The van der Waals surface area contributed by atoms with Gasteiger partial charge in [0.2, 0.25) is 6.79 Å². The number of furan rings is 1. The Hall–Kier alpha value is -2.18. The zero-order valence-corrected chi connectivity index (χ0v) is 15.8. The molecule has 126 valence electrons. The van der Waals surface area contributed by atoms with E-state index in [0.717, 1.165) is 25.9 Å². The highest BCUT2D eigenvalue weighted by atomic mass is 79.9. The van der Waals surface area contributed by atoms with Crippen molar-refractivity contribution >= 4 is 39.6 Å². The highest BCUT2D eigenvalue weighted by molar-refractivity contribution is 9.10. The van der Waals surface area contributed by atoms with Crippen molar-refractivity contribution in [3.05, 3.63) is 64.3 Å². The zero-order valence-electron chi connectivity index (χ0n) is 13.4. The third-order valence-electron chi connectivity index (χ3n) is 3.60. The fraction of sp³-hybridized carbons (Fsp3) is 0.105. The van der Waals surface area contributed by atoms with Crippen LogP contribution in [-0.2, 0) is 0 Å². The van der Waals surface area contributed by atoms with E-state index in [1.54, 1.807) is 18.0 Å². The van der Waals surface area contributed by atoms with Crippen LogP contribution < -0.4 is 9.47 Å². The Balaban J connectivity index is 1.50. The molecule has 4 rings (SSSR count). The minimum Gasteiger partial charge on any atom is -0.454 e. The molecule has 1 aromatic heterocycles. The van der Waals surface area contributed by atoms with Gasteiger partial charge in [-0.05, 0) is 47.1 Å². The van der Waals surface area contributed by atoms with Crippen molar-refractivity contribution in [2.24, 2.45) is 4.99 Å². The smallest absolute Gasteiger partial charge is 0.231 e. The lowest BCUT2D eigenvalue weighted by atomic mass is 10.2. The lowest BCUT2D eigenvalue weighted by Gasteiger charge is -1.99. The molecule has 2 aromatic carbocycles. The quantitative estimate of drug-likeness (QED) is 0.491. The minimum atomic E-state index is 0.257. The molecule has 0 radical (unpaired) electrons. The maximum absolute atomic E-state index is 5.87. The first-order valence-corrected chi connectivity index (χ1v) is 9.26. The van der Waals surface area contributed by atoms with Gasteiger partial charge in [-0.2, -0.15) is 0 Å². The van der Waals surface area contributed by atoms with Crippen molar-refractivity contribution in [3.63, 3.8) is 0 Å². The van der Waals surface area contributed by atoms with E-state index >= 15 is 0 Å². The molecule has 1 aliphatic rings. The van der Waals surface area contributed by atoms with E-state index in [-0.39, 0.29) is 6.79 Å². The van der Waals surface area contributed by atoms with E-state index in [1.807, 2.05) is 24.3 Å². The van der Waals surface area contributed by atoms with Crippen molar-refractivity contribution in [3.8, 4) is 11.5 Å². The van der Waals surface area contributed by atoms with Crippen molar-refractivity contribution in [1.29, 1.82) is 0 Å². The average molecular weight is 416 g/mol. The van der Waals surface area contributed by atoms with E-state index in [2.05, 4.69) is 52.1 Å². The molecule has 0 saturated heterocycles. The maximum Gasteiger partial charge on any atom is 0.231 e. The first-order valence-electron chi connectivity index (χ1n) is 7.65. The Bertz CT molecular complexity index is 934. The van der Waals surface area contributed by atoms with Crippen molar-refractivity contribution in [1.82, 2.24) is 0 Å². The van der Waals surface area contributed by atoms with Crippen LogP contribution in [-0.4, -0.2) is 13.0 Å². The van der Waals surface area contributed by atoms with Crippen LogP contribution >= 0.6 is 27.7 Å². The predicted octanol–water partition coefficient (Wildman–Crippen LogP) is 5.98. The Morgan fingerprint density at radius 2 is 1.84 bits per heavy atom. The Kier molecular flexibility index (Phi) is 4.55. The number of fused-ring (bicyclic) bond motifs is 1. The fourth-order valence-electron chi connectivity index (χ4n) is 2.32. The number of rotatable bonds is 4. The number of aryl methyl sites for hydroxylation is 1. The summed E-state index contributed by atoms with van der Waals surface area (Å²) < 4.78 is 17.4. The fourth-order valence-corrected chi connectivity index (χ4v) is 3.65. The van der Waals surface area contributed by atoms with Crippen LogP contribution in [0.3, 0.4) is 0 Å². The van der Waals surface area contributed by atoms with E-state index in [0.29, 0.717) is 11.5 Å². The second-order valence-electron chi connectivity index (χ2n) is 5.50. The van der Waals surface area contributed by atoms with Gasteiger partial charge in [-0.25, -0.2) is 0 Å². The molecule has 1 aliphatic heterocycles. The number of nitrogens with zero attached hydrogens (tertiary/aromatic N) is 1. The Morgan fingerprint density at radius 1 is 1.04 bits per heavy atom. The topological polar surface area (TPSA) is 44.0 Å². The summed E-state index contributed by atoms with van der Waals surface area (Å²) in [4.78, 5) is 5.57. The first-order chi connectivity index (χ1) is 12.2. The molecule has 2 heterocycles. The van der Waals surface area contributed by atoms with E-state index in [4.69, 9.17) is 13.9 Å². The lowest BCUT2D eigenvalue weighted by Crippen LogP contribution is -1.92. The molecule has 0 bridgehead atoms. The number of hydrogen-bond acceptors (Lipinski definition) is 5. The van der Waals surface area contributed by atoms with Crippen LogP contribution in [0.4, 0.5) is 5.69 Å². The van der Waals surface area contributed by atoms with Crippen molar-refractivity contribution < 1.29 is 13.9 Å². The molecular formula is C19H14BrNO3S. The molecule has 0 N–H and O–H groups in total. The largest absolute Gasteiger partial charge is 0.454 e. The maximum atomic E-state index is 5.87. The molecular weight excluding hydrogens is 402 g/mol. The monoisotopic (exact) mass is 415 g/mol. The summed E-state index contributed by atoms with van der Waals surface area (Å²) in [5.41, 5.74) is 2.02. The average Bonchev–Trinajstić information content (AvgIpc) is 3.21. The summed E-state index contributed by atoms with van der Waals surface area (Å²) in [6, 6.07) is 15.8. The number of ether oxygens (including phenoxy) is 2. The summed E-state index contributed by atoms with van der Waals surface area (Å²) in [6.45, 7) is 2.33. The zero-order chi connectivity index (χ0) is 17.2. The van der Waals surface area contributed by atoms with Gasteiger partial charge in [0.1, 0.15) is 5.76 Å². The van der Waals surface area contributed by atoms with Crippen molar-refractivity contribution in [2.45, 2.75) is 16.9 Å². The van der Waals surface area contributed by atoms with Gasteiger partial charge in [-0.3, -0.25) is 4.99 Å². The molecule has 0 spiro atoms. The molecule has 25 heavy (non-hydrogen) atoms. The molecule has 6 heteroatoms. The molecule has 0 fully saturated rings. The van der Waals surface area contributed by atoms with Gasteiger partial charge in [0.05, 0.1) is 16.4 Å². The highest BCUT2D eigenvalue weighted by Gasteiger charge is 2.13. The second-order valence-corrected chi connectivity index (χ2v) is 7.40. The lowest BCUT2D eigenvalue weighted by molar-refractivity contribution is 0.174. The van der Waals surface area contributed by atoms with E-state index in [9.17, 15) is 0 Å². The van der Waals surface area contributed by atoms with Crippen LogP contribution in [0.15, 0.2) is 72.4 Å². The van der Waals surface area contributed by atoms with Gasteiger partial charge in [0.25, 0.3) is 0 Å². The van der Waals surface area contributed by atoms with Gasteiger partial charge < -0.3 is 13.9 Å². The summed E-state index contributed by atoms with van der Waals surface area (Å²) >= 11 is 5.11. The Labute approximate surface area is 158 Å². The molecule has 0 amide bonds. The van der Waals surface area contributed by atoms with Crippen LogP contribution in [0.5, 0.6) is 11.5 Å². The van der Waals surface area contributed by atoms with Crippen LogP contribution in [0.2, 0.25) is 0 Å². The van der Waals surface area contributed by atoms with Crippen LogP contribution in [0, 0.1) is 6.92 Å². The van der Waals surface area contributed by atoms with Gasteiger partial charge in [-0.15, -0.1) is 0 Å². The minimum absolute atomic E-state index is 0.257. The summed E-state index contributed by atoms with van der Waals surface area (Å²) in [6.07, 6.45) is 1.70. The molecule has 0 aliphatic carbocycles. The third kappa shape index (κ3) is 3.75. The standard InChI is InChI=1S/C19H14BrNO3S/c1-12-2-5-15(6-3-12)25-19-16(20)9-14(24-19)10-21-13-4-7-17-18(8-13)23-11-22-17/h2-10H,11H2,1H3. The van der Waals surface area contributed by atoms with E-state index in [1.165, 1.54) is 5.56 Å². The first kappa shape index (κ1) is 16.3. The van der Waals surface area contributed by atoms with Gasteiger partial charge >= 0.3 is 0 Å². The molecule has 4 nitrogen and oxygen atoms in total. The van der Waals surface area contributed by atoms with E-state index < -0.39 is 0 Å². The predicted molar refractivity (Wildman–Crippen MR) is 102 cm³/mol. The summed E-state index contributed by atoms with van der Waals surface area (Å²) in [7, 11) is 0. The Morgan fingerprint density at radius 3 is 2.68 bits per heavy atom. The second kappa shape index (κ2) is 6.98. The molecule has 0 unspecified atom stereocenters.